The Morgan fingerprint density at radius 3 is 1.48 bits per heavy atom. The predicted molar refractivity (Wildman–Crippen MR) is 137 cm³/mol. The van der Waals surface area contributed by atoms with Gasteiger partial charge in [-0.25, -0.2) is 0 Å². The van der Waals surface area contributed by atoms with Gasteiger partial charge in [0.1, 0.15) is 0 Å². The van der Waals surface area contributed by atoms with E-state index in [0.717, 1.165) is 25.2 Å². The largest absolute Gasteiger partial charge is 0.488 e. The lowest BCUT2D eigenvalue weighted by Gasteiger charge is -2.24. The van der Waals surface area contributed by atoms with Gasteiger partial charge in [-0.2, -0.15) is 0 Å². The minimum absolute atomic E-state index is 0.652. The molecule has 0 atom stereocenters. The van der Waals surface area contributed by atoms with Crippen molar-refractivity contribution >= 4 is 12.6 Å². The van der Waals surface area contributed by atoms with E-state index in [0.29, 0.717) is 5.46 Å². The number of hydrogen-bond donors (Lipinski definition) is 2. The zero-order chi connectivity index (χ0) is 22.6. The van der Waals surface area contributed by atoms with Gasteiger partial charge in [0.15, 0.2) is 0 Å². The topological polar surface area (TPSA) is 43.7 Å². The van der Waals surface area contributed by atoms with Gasteiger partial charge in [0.25, 0.3) is 0 Å². The van der Waals surface area contributed by atoms with Crippen LogP contribution in [0.3, 0.4) is 0 Å². The standard InChI is InChI=1S/C27H50BNO2/c1-3-5-7-9-11-13-15-19-23-29(24-20-16-14-12-10-8-6-4-2)25-26-21-17-18-22-27(26)28(30)31/h17-18,21-22,30-31H,3-16,19-20,23-25H2,1-2H3. The normalized spacial score (nSPS) is 11.4. The first-order valence-electron chi connectivity index (χ1n) is 13.3. The molecule has 0 saturated heterocycles. The van der Waals surface area contributed by atoms with Crippen LogP contribution >= 0.6 is 0 Å². The van der Waals surface area contributed by atoms with Gasteiger partial charge >= 0.3 is 7.12 Å². The van der Waals surface area contributed by atoms with Crippen LogP contribution in [0.2, 0.25) is 0 Å². The molecule has 0 heterocycles. The number of hydrogen-bond acceptors (Lipinski definition) is 3. The van der Waals surface area contributed by atoms with Gasteiger partial charge in [-0.1, -0.05) is 128 Å². The van der Waals surface area contributed by atoms with Crippen molar-refractivity contribution in [3.05, 3.63) is 29.8 Å². The Kier molecular flexibility index (Phi) is 18.0. The first kappa shape index (κ1) is 28.2. The van der Waals surface area contributed by atoms with E-state index in [-0.39, 0.29) is 0 Å². The highest BCUT2D eigenvalue weighted by molar-refractivity contribution is 6.59. The Balaban J connectivity index is 2.39. The van der Waals surface area contributed by atoms with Gasteiger partial charge in [0.2, 0.25) is 0 Å². The van der Waals surface area contributed by atoms with Crippen LogP contribution in [0.4, 0.5) is 0 Å². The fourth-order valence-corrected chi connectivity index (χ4v) is 4.38. The molecule has 3 nitrogen and oxygen atoms in total. The summed E-state index contributed by atoms with van der Waals surface area (Å²) in [5, 5.41) is 19.4. The van der Waals surface area contributed by atoms with Crippen LogP contribution in [0, 0.1) is 0 Å². The van der Waals surface area contributed by atoms with Crippen LogP contribution in [-0.4, -0.2) is 35.2 Å². The Morgan fingerprint density at radius 2 is 1.03 bits per heavy atom. The molecule has 0 unspecified atom stereocenters. The average Bonchev–Trinajstić information content (AvgIpc) is 2.77. The van der Waals surface area contributed by atoms with Crippen molar-refractivity contribution in [1.29, 1.82) is 0 Å². The smallest absolute Gasteiger partial charge is 0.423 e. The van der Waals surface area contributed by atoms with Crippen LogP contribution in [0.1, 0.15) is 122 Å². The zero-order valence-corrected chi connectivity index (χ0v) is 20.7. The van der Waals surface area contributed by atoms with Crippen LogP contribution in [0.5, 0.6) is 0 Å². The third-order valence-corrected chi connectivity index (χ3v) is 6.38. The van der Waals surface area contributed by atoms with Crippen molar-refractivity contribution < 1.29 is 10.0 Å². The van der Waals surface area contributed by atoms with Crippen molar-refractivity contribution in [2.24, 2.45) is 0 Å². The molecule has 0 saturated carbocycles. The fraction of sp³-hybridized carbons (Fsp3) is 0.778. The first-order valence-corrected chi connectivity index (χ1v) is 13.3. The molecule has 0 spiro atoms. The van der Waals surface area contributed by atoms with Crippen LogP contribution in [0.25, 0.3) is 0 Å². The molecule has 0 aliphatic carbocycles. The molecule has 31 heavy (non-hydrogen) atoms. The second kappa shape index (κ2) is 19.8. The molecule has 0 aliphatic rings. The summed E-state index contributed by atoms with van der Waals surface area (Å²) in [6.07, 6.45) is 21.5. The van der Waals surface area contributed by atoms with Gasteiger partial charge in [-0.3, -0.25) is 4.90 Å². The van der Waals surface area contributed by atoms with Gasteiger partial charge < -0.3 is 10.0 Å². The summed E-state index contributed by atoms with van der Waals surface area (Å²) >= 11 is 0. The van der Waals surface area contributed by atoms with E-state index in [2.05, 4.69) is 18.7 Å². The molecule has 0 radical (unpaired) electrons. The Bertz CT molecular complexity index is 504. The second-order valence-electron chi connectivity index (χ2n) is 9.30. The highest BCUT2D eigenvalue weighted by Gasteiger charge is 2.17. The van der Waals surface area contributed by atoms with Gasteiger partial charge in [0.05, 0.1) is 0 Å². The zero-order valence-electron chi connectivity index (χ0n) is 20.7. The summed E-state index contributed by atoms with van der Waals surface area (Å²) in [5.74, 6) is 0. The minimum atomic E-state index is -1.38. The maximum Gasteiger partial charge on any atom is 0.488 e. The number of nitrogens with zero attached hydrogens (tertiary/aromatic N) is 1. The number of unbranched alkanes of at least 4 members (excludes halogenated alkanes) is 14. The molecular weight excluding hydrogens is 381 g/mol. The summed E-state index contributed by atoms with van der Waals surface area (Å²) < 4.78 is 0. The molecule has 0 bridgehead atoms. The molecule has 2 N–H and O–H groups in total. The average molecular weight is 432 g/mol. The second-order valence-corrected chi connectivity index (χ2v) is 9.30. The quantitative estimate of drug-likeness (QED) is 0.174. The van der Waals surface area contributed by atoms with Crippen LogP contribution in [-0.2, 0) is 6.54 Å². The van der Waals surface area contributed by atoms with E-state index in [4.69, 9.17) is 0 Å². The number of rotatable bonds is 21. The predicted octanol–water partition coefficient (Wildman–Crippen LogP) is 6.45. The minimum Gasteiger partial charge on any atom is -0.423 e. The monoisotopic (exact) mass is 431 g/mol. The molecule has 1 aromatic rings. The first-order chi connectivity index (χ1) is 15.2. The third-order valence-electron chi connectivity index (χ3n) is 6.38. The molecule has 4 heteroatoms. The third kappa shape index (κ3) is 14.8. The lowest BCUT2D eigenvalue weighted by Crippen LogP contribution is -2.36. The molecule has 0 aliphatic heterocycles. The Labute approximate surface area is 193 Å². The van der Waals surface area contributed by atoms with E-state index >= 15 is 0 Å². The van der Waals surface area contributed by atoms with Gasteiger partial charge in [0, 0.05) is 6.54 Å². The van der Waals surface area contributed by atoms with Crippen LogP contribution < -0.4 is 5.46 Å². The van der Waals surface area contributed by atoms with E-state index < -0.39 is 7.12 Å². The SMILES string of the molecule is CCCCCCCCCCN(CCCCCCCCCC)Cc1ccccc1B(O)O. The van der Waals surface area contributed by atoms with Gasteiger partial charge in [-0.15, -0.1) is 0 Å². The molecule has 178 valence electrons. The molecule has 0 aromatic heterocycles. The summed E-state index contributed by atoms with van der Waals surface area (Å²) in [4.78, 5) is 2.54. The molecule has 1 rings (SSSR count). The summed E-state index contributed by atoms with van der Waals surface area (Å²) in [7, 11) is -1.38. The van der Waals surface area contributed by atoms with Crippen molar-refractivity contribution in [3.63, 3.8) is 0 Å². The molecule has 0 amide bonds. The number of benzene rings is 1. The lowest BCUT2D eigenvalue weighted by atomic mass is 9.77. The van der Waals surface area contributed by atoms with Crippen molar-refractivity contribution in [1.82, 2.24) is 4.90 Å². The van der Waals surface area contributed by atoms with Crippen molar-refractivity contribution in [2.45, 2.75) is 123 Å². The highest BCUT2D eigenvalue weighted by atomic mass is 16.4. The maximum atomic E-state index is 9.72. The summed E-state index contributed by atoms with van der Waals surface area (Å²) in [6.45, 7) is 7.59. The molecule has 1 aromatic carbocycles. The lowest BCUT2D eigenvalue weighted by molar-refractivity contribution is 0.252. The molecular formula is C27H50BNO2. The summed E-state index contributed by atoms with van der Waals surface area (Å²) in [6, 6.07) is 7.78. The van der Waals surface area contributed by atoms with E-state index in [1.165, 1.54) is 103 Å². The highest BCUT2D eigenvalue weighted by Crippen LogP contribution is 2.13. The summed E-state index contributed by atoms with van der Waals surface area (Å²) in [5.41, 5.74) is 1.70. The maximum absolute atomic E-state index is 9.72. The van der Waals surface area contributed by atoms with Gasteiger partial charge in [-0.05, 0) is 37.0 Å². The van der Waals surface area contributed by atoms with E-state index in [1.807, 2.05) is 24.3 Å². The Morgan fingerprint density at radius 1 is 0.613 bits per heavy atom. The fourth-order valence-electron chi connectivity index (χ4n) is 4.38. The molecule has 0 fully saturated rings. The van der Waals surface area contributed by atoms with Crippen molar-refractivity contribution in [2.75, 3.05) is 13.1 Å². The Hall–Kier alpha value is -0.835. The van der Waals surface area contributed by atoms with E-state index in [1.54, 1.807) is 0 Å². The van der Waals surface area contributed by atoms with Crippen molar-refractivity contribution in [3.8, 4) is 0 Å². The van der Waals surface area contributed by atoms with Crippen LogP contribution in [0.15, 0.2) is 24.3 Å². The van der Waals surface area contributed by atoms with E-state index in [9.17, 15) is 10.0 Å².